The Balaban J connectivity index is 1.51. The van der Waals surface area contributed by atoms with E-state index in [0.717, 1.165) is 24.2 Å². The van der Waals surface area contributed by atoms with Crippen LogP contribution in [0.25, 0.3) is 0 Å². The number of carbonyl (C=O) groups is 2. The van der Waals surface area contributed by atoms with Gasteiger partial charge in [-0.3, -0.25) is 9.59 Å². The molecule has 2 aliphatic rings. The third-order valence-electron chi connectivity index (χ3n) is 5.09. The zero-order chi connectivity index (χ0) is 17.1. The first-order chi connectivity index (χ1) is 11.6. The first kappa shape index (κ1) is 16.8. The molecule has 0 aliphatic carbocycles. The second-order valence-electron chi connectivity index (χ2n) is 6.74. The molecule has 0 radical (unpaired) electrons. The monoisotopic (exact) mass is 330 g/mol. The highest BCUT2D eigenvalue weighted by atomic mass is 16.5. The number of hydrogen-bond acceptors (Lipinski definition) is 3. The van der Waals surface area contributed by atoms with E-state index >= 15 is 0 Å². The molecule has 5 heteroatoms. The largest absolute Gasteiger partial charge is 0.490 e. The Morgan fingerprint density at radius 3 is 2.58 bits per heavy atom. The lowest BCUT2D eigenvalue weighted by Crippen LogP contribution is -2.44. The molecule has 2 heterocycles. The van der Waals surface area contributed by atoms with E-state index in [1.54, 1.807) is 4.90 Å². The van der Waals surface area contributed by atoms with Crippen LogP contribution in [0.5, 0.6) is 5.75 Å². The molecule has 3 rings (SSSR count). The summed E-state index contributed by atoms with van der Waals surface area (Å²) >= 11 is 0. The van der Waals surface area contributed by atoms with Gasteiger partial charge in [-0.2, -0.15) is 0 Å². The van der Waals surface area contributed by atoms with E-state index in [1.165, 1.54) is 0 Å². The molecular formula is C19H26N2O3. The van der Waals surface area contributed by atoms with E-state index in [2.05, 4.69) is 0 Å². The summed E-state index contributed by atoms with van der Waals surface area (Å²) in [6.07, 6.45) is 2.22. The molecule has 0 unspecified atom stereocenters. The average molecular weight is 330 g/mol. The van der Waals surface area contributed by atoms with Crippen molar-refractivity contribution < 1.29 is 14.3 Å². The lowest BCUT2D eigenvalue weighted by Gasteiger charge is -2.33. The number of ether oxygens (including phenoxy) is 1. The molecule has 2 fully saturated rings. The number of amides is 2. The topological polar surface area (TPSA) is 49.9 Å². The Labute approximate surface area is 143 Å². The van der Waals surface area contributed by atoms with Crippen molar-refractivity contribution in [1.29, 1.82) is 0 Å². The SMILES string of the molecule is CCN1C[C@@H](C(=O)N2CCC(Oc3ccccc3C)CC2)CC1=O. The molecule has 1 atom stereocenters. The molecule has 24 heavy (non-hydrogen) atoms. The van der Waals surface area contributed by atoms with Crippen LogP contribution in [0.2, 0.25) is 0 Å². The lowest BCUT2D eigenvalue weighted by atomic mass is 10.0. The van der Waals surface area contributed by atoms with Gasteiger partial charge in [-0.1, -0.05) is 18.2 Å². The van der Waals surface area contributed by atoms with Gasteiger partial charge in [0.25, 0.3) is 0 Å². The van der Waals surface area contributed by atoms with Crippen LogP contribution in [0.3, 0.4) is 0 Å². The van der Waals surface area contributed by atoms with Crippen LogP contribution >= 0.6 is 0 Å². The van der Waals surface area contributed by atoms with Crippen molar-refractivity contribution in [1.82, 2.24) is 9.80 Å². The van der Waals surface area contributed by atoms with E-state index in [1.807, 2.05) is 43.0 Å². The maximum atomic E-state index is 12.6. The van der Waals surface area contributed by atoms with Crippen molar-refractivity contribution in [3.05, 3.63) is 29.8 Å². The molecule has 2 amide bonds. The van der Waals surface area contributed by atoms with Crippen LogP contribution in [0.4, 0.5) is 0 Å². The summed E-state index contributed by atoms with van der Waals surface area (Å²) in [7, 11) is 0. The second-order valence-corrected chi connectivity index (χ2v) is 6.74. The van der Waals surface area contributed by atoms with Crippen molar-refractivity contribution in [2.75, 3.05) is 26.2 Å². The summed E-state index contributed by atoms with van der Waals surface area (Å²) in [6, 6.07) is 8.03. The van der Waals surface area contributed by atoms with Crippen molar-refractivity contribution in [3.63, 3.8) is 0 Å². The summed E-state index contributed by atoms with van der Waals surface area (Å²) in [5.41, 5.74) is 1.14. The minimum absolute atomic E-state index is 0.105. The Morgan fingerprint density at radius 2 is 1.96 bits per heavy atom. The van der Waals surface area contributed by atoms with Crippen molar-refractivity contribution >= 4 is 11.8 Å². The number of para-hydroxylation sites is 1. The van der Waals surface area contributed by atoms with Crippen LogP contribution in [0.15, 0.2) is 24.3 Å². The molecule has 2 saturated heterocycles. The number of aryl methyl sites for hydroxylation is 1. The van der Waals surface area contributed by atoms with Crippen molar-refractivity contribution in [2.24, 2.45) is 5.92 Å². The fourth-order valence-electron chi connectivity index (χ4n) is 3.56. The highest BCUT2D eigenvalue weighted by Gasteiger charge is 2.36. The first-order valence-electron chi connectivity index (χ1n) is 8.87. The van der Waals surface area contributed by atoms with Gasteiger partial charge in [-0.15, -0.1) is 0 Å². The fourth-order valence-corrected chi connectivity index (χ4v) is 3.56. The van der Waals surface area contributed by atoms with E-state index in [-0.39, 0.29) is 23.8 Å². The maximum absolute atomic E-state index is 12.6. The highest BCUT2D eigenvalue weighted by Crippen LogP contribution is 2.25. The zero-order valence-electron chi connectivity index (χ0n) is 14.5. The Hall–Kier alpha value is -2.04. The zero-order valence-corrected chi connectivity index (χ0v) is 14.5. The average Bonchev–Trinajstić information content (AvgIpc) is 2.98. The van der Waals surface area contributed by atoms with Crippen LogP contribution in [0, 0.1) is 12.8 Å². The van der Waals surface area contributed by atoms with Crippen LogP contribution in [-0.4, -0.2) is 53.9 Å². The van der Waals surface area contributed by atoms with Crippen LogP contribution in [-0.2, 0) is 9.59 Å². The lowest BCUT2D eigenvalue weighted by molar-refractivity contribution is -0.137. The predicted molar refractivity (Wildman–Crippen MR) is 91.8 cm³/mol. The normalized spacial score (nSPS) is 22.1. The molecule has 1 aromatic rings. The molecule has 0 N–H and O–H groups in total. The highest BCUT2D eigenvalue weighted by molar-refractivity contribution is 5.89. The minimum atomic E-state index is -0.161. The van der Waals surface area contributed by atoms with Gasteiger partial charge in [0, 0.05) is 45.4 Å². The van der Waals surface area contributed by atoms with E-state index in [0.29, 0.717) is 32.6 Å². The summed E-state index contributed by atoms with van der Waals surface area (Å²) in [6.45, 7) is 6.70. The van der Waals surface area contributed by atoms with Gasteiger partial charge in [0.2, 0.25) is 11.8 Å². The van der Waals surface area contributed by atoms with Gasteiger partial charge < -0.3 is 14.5 Å². The molecule has 0 bridgehead atoms. The van der Waals surface area contributed by atoms with Gasteiger partial charge in [0.15, 0.2) is 0 Å². The van der Waals surface area contributed by atoms with Gasteiger partial charge in [0.05, 0.1) is 5.92 Å². The van der Waals surface area contributed by atoms with Crippen molar-refractivity contribution in [2.45, 2.75) is 39.2 Å². The smallest absolute Gasteiger partial charge is 0.227 e. The second kappa shape index (κ2) is 7.24. The van der Waals surface area contributed by atoms with Crippen molar-refractivity contribution in [3.8, 4) is 5.75 Å². The maximum Gasteiger partial charge on any atom is 0.227 e. The standard InChI is InChI=1S/C19H26N2O3/c1-3-20-13-15(12-18(20)22)19(23)21-10-8-16(9-11-21)24-17-7-5-4-6-14(17)2/h4-7,15-16H,3,8-13H2,1-2H3/t15-/m0/s1. The van der Waals surface area contributed by atoms with Crippen LogP contribution in [0.1, 0.15) is 31.7 Å². The quantitative estimate of drug-likeness (QED) is 0.851. The molecule has 0 saturated carbocycles. The molecule has 5 nitrogen and oxygen atoms in total. The first-order valence-corrected chi connectivity index (χ1v) is 8.87. The number of likely N-dealkylation sites (tertiary alicyclic amines) is 2. The number of benzene rings is 1. The minimum Gasteiger partial charge on any atom is -0.490 e. The molecule has 0 aromatic heterocycles. The summed E-state index contributed by atoms with van der Waals surface area (Å²) in [5.74, 6) is 1.01. The third-order valence-corrected chi connectivity index (χ3v) is 5.09. The van der Waals surface area contributed by atoms with Crippen LogP contribution < -0.4 is 4.74 Å². The summed E-state index contributed by atoms with van der Waals surface area (Å²) < 4.78 is 6.09. The van der Waals surface area contributed by atoms with Gasteiger partial charge in [-0.05, 0) is 25.5 Å². The number of hydrogen-bond donors (Lipinski definition) is 0. The Morgan fingerprint density at radius 1 is 1.25 bits per heavy atom. The number of piperidine rings is 1. The van der Waals surface area contributed by atoms with E-state index in [9.17, 15) is 9.59 Å². The van der Waals surface area contributed by atoms with E-state index in [4.69, 9.17) is 4.74 Å². The Bertz CT molecular complexity index is 608. The number of carbonyl (C=O) groups excluding carboxylic acids is 2. The van der Waals surface area contributed by atoms with E-state index < -0.39 is 0 Å². The molecule has 2 aliphatic heterocycles. The molecular weight excluding hydrogens is 304 g/mol. The third kappa shape index (κ3) is 3.55. The van der Waals surface area contributed by atoms with Gasteiger partial charge in [-0.25, -0.2) is 0 Å². The molecule has 0 spiro atoms. The number of nitrogens with zero attached hydrogens (tertiary/aromatic N) is 2. The summed E-state index contributed by atoms with van der Waals surface area (Å²) in [5, 5.41) is 0. The van der Waals surface area contributed by atoms with Gasteiger partial charge in [0.1, 0.15) is 11.9 Å². The summed E-state index contributed by atoms with van der Waals surface area (Å²) in [4.78, 5) is 28.1. The Kier molecular flexibility index (Phi) is 5.07. The molecule has 130 valence electrons. The molecule has 1 aromatic carbocycles. The number of rotatable bonds is 4. The fraction of sp³-hybridized carbons (Fsp3) is 0.579. The van der Waals surface area contributed by atoms with Gasteiger partial charge >= 0.3 is 0 Å². The predicted octanol–water partition coefficient (Wildman–Crippen LogP) is 2.23.